The molecular formula is C57H49NO13. The average Bonchev–Trinajstić information content (AvgIpc) is 3.41. The van der Waals surface area contributed by atoms with E-state index < -0.39 is 66.8 Å². The van der Waals surface area contributed by atoms with Crippen LogP contribution in [-0.2, 0) is 41.4 Å². The number of amides is 1. The smallest absolute Gasteiger partial charge is 0.411 e. The highest BCUT2D eigenvalue weighted by atomic mass is 16.7. The predicted octanol–water partition coefficient (Wildman–Crippen LogP) is 10.1. The molecular weight excluding hydrogens is 907 g/mol. The van der Waals surface area contributed by atoms with Crippen LogP contribution in [0.4, 0.5) is 10.5 Å². The van der Waals surface area contributed by atoms with Gasteiger partial charge in [0.2, 0.25) is 12.4 Å². The van der Waals surface area contributed by atoms with E-state index in [1.807, 2.05) is 54.6 Å². The predicted molar refractivity (Wildman–Crippen MR) is 260 cm³/mol. The van der Waals surface area contributed by atoms with E-state index >= 15 is 0 Å². The number of ether oxygens (including phenoxy) is 8. The molecule has 7 aromatic carbocycles. The number of nitrogens with one attached hydrogen (secondary N) is 1. The van der Waals surface area contributed by atoms with Crippen LogP contribution in [0.5, 0.6) is 11.5 Å². The maximum absolute atomic E-state index is 14.3. The number of anilines is 1. The Morgan fingerprint density at radius 1 is 0.535 bits per heavy atom. The molecule has 0 unspecified atom stereocenters. The van der Waals surface area contributed by atoms with Gasteiger partial charge in [0, 0.05) is 18.2 Å². The Morgan fingerprint density at radius 2 is 1.03 bits per heavy atom. The van der Waals surface area contributed by atoms with E-state index in [9.17, 15) is 24.0 Å². The number of methoxy groups -OCH3 is 1. The van der Waals surface area contributed by atoms with Crippen molar-refractivity contribution in [1.82, 2.24) is 0 Å². The minimum atomic E-state index is -1.91. The lowest BCUT2D eigenvalue weighted by atomic mass is 9.87. The molecule has 0 radical (unpaired) electrons. The summed E-state index contributed by atoms with van der Waals surface area (Å²) in [6.07, 6.45) is -7.25. The fraction of sp³-hybridized carbons (Fsp3) is 0.175. The first-order valence-electron chi connectivity index (χ1n) is 22.6. The van der Waals surface area contributed by atoms with Gasteiger partial charge in [-0.1, -0.05) is 121 Å². The zero-order valence-corrected chi connectivity index (χ0v) is 38.7. The van der Waals surface area contributed by atoms with Gasteiger partial charge in [0.05, 0.1) is 29.4 Å². The molecule has 14 heteroatoms. The molecule has 1 saturated heterocycles. The maximum atomic E-state index is 14.3. The molecule has 0 aliphatic carbocycles. The Hall–Kier alpha value is -8.75. The van der Waals surface area contributed by atoms with Gasteiger partial charge >= 0.3 is 30.0 Å². The molecule has 5 atom stereocenters. The number of hydrogen-bond donors (Lipinski definition) is 1. The lowest BCUT2D eigenvalue weighted by Crippen LogP contribution is -2.69. The van der Waals surface area contributed by atoms with Crippen molar-refractivity contribution in [1.29, 1.82) is 0 Å². The average molecular weight is 956 g/mol. The van der Waals surface area contributed by atoms with Gasteiger partial charge in [0.25, 0.3) is 0 Å². The van der Waals surface area contributed by atoms with Gasteiger partial charge in [-0.2, -0.15) is 0 Å². The van der Waals surface area contributed by atoms with Crippen LogP contribution < -0.4 is 14.8 Å². The minimum absolute atomic E-state index is 0.00247. The summed E-state index contributed by atoms with van der Waals surface area (Å²) < 4.78 is 49.5. The topological polar surface area (TPSA) is 171 Å². The van der Waals surface area contributed by atoms with Crippen LogP contribution in [0.15, 0.2) is 194 Å². The summed E-state index contributed by atoms with van der Waals surface area (Å²) in [5.74, 6) is -2.56. The van der Waals surface area contributed by atoms with Crippen molar-refractivity contribution in [3.63, 3.8) is 0 Å². The van der Waals surface area contributed by atoms with Gasteiger partial charge in [-0.05, 0) is 90.3 Å². The third-order valence-corrected chi connectivity index (χ3v) is 11.4. The summed E-state index contributed by atoms with van der Waals surface area (Å²) in [7, 11) is 1.57. The summed E-state index contributed by atoms with van der Waals surface area (Å²) in [5, 5.41) is 2.75. The van der Waals surface area contributed by atoms with E-state index in [1.165, 1.54) is 43.3 Å². The highest BCUT2D eigenvalue weighted by Gasteiger charge is 2.60. The second kappa shape index (κ2) is 23.0. The van der Waals surface area contributed by atoms with Crippen molar-refractivity contribution in [3.05, 3.63) is 233 Å². The number of rotatable bonds is 17. The molecule has 1 fully saturated rings. The molecule has 1 N–H and O–H groups in total. The zero-order valence-electron chi connectivity index (χ0n) is 38.7. The Morgan fingerprint density at radius 3 is 1.56 bits per heavy atom. The molecule has 1 aliphatic heterocycles. The number of carbonyl (C=O) groups is 5. The molecule has 360 valence electrons. The van der Waals surface area contributed by atoms with Crippen molar-refractivity contribution in [2.45, 2.75) is 50.2 Å². The van der Waals surface area contributed by atoms with Gasteiger partial charge in [-0.25, -0.2) is 24.0 Å². The number of carbonyl (C=O) groups excluding carboxylic acids is 5. The maximum Gasteiger partial charge on any atom is 0.411 e. The van der Waals surface area contributed by atoms with Crippen molar-refractivity contribution in [3.8, 4) is 11.5 Å². The van der Waals surface area contributed by atoms with Crippen LogP contribution in [0, 0.1) is 0 Å². The molecule has 14 nitrogen and oxygen atoms in total. The van der Waals surface area contributed by atoms with Crippen molar-refractivity contribution in [2.75, 3.05) is 19.0 Å². The molecule has 0 saturated carbocycles. The van der Waals surface area contributed by atoms with E-state index in [2.05, 4.69) is 5.32 Å². The molecule has 7 aromatic rings. The summed E-state index contributed by atoms with van der Waals surface area (Å²) in [5.41, 5.74) is 1.13. The monoisotopic (exact) mass is 955 g/mol. The fourth-order valence-corrected chi connectivity index (χ4v) is 7.73. The van der Waals surface area contributed by atoms with E-state index in [1.54, 1.807) is 110 Å². The molecule has 0 bridgehead atoms. The van der Waals surface area contributed by atoms with Crippen LogP contribution in [0.2, 0.25) is 0 Å². The summed E-state index contributed by atoms with van der Waals surface area (Å²) in [6, 6.07) is 53.9. The summed E-state index contributed by atoms with van der Waals surface area (Å²) in [4.78, 5) is 69.6. The van der Waals surface area contributed by atoms with Gasteiger partial charge in [0.15, 0.2) is 12.2 Å². The summed E-state index contributed by atoms with van der Waals surface area (Å²) >= 11 is 0. The Bertz CT molecular complexity index is 2900. The third-order valence-electron chi connectivity index (χ3n) is 11.4. The van der Waals surface area contributed by atoms with Crippen LogP contribution in [0.1, 0.15) is 65.0 Å². The van der Waals surface area contributed by atoms with Crippen LogP contribution >= 0.6 is 0 Å². The van der Waals surface area contributed by atoms with Gasteiger partial charge in [-0.15, -0.1) is 0 Å². The normalized spacial score (nSPS) is 18.2. The van der Waals surface area contributed by atoms with E-state index in [0.717, 1.165) is 11.1 Å². The number of benzene rings is 7. The SMILES string of the molecule is COc1ccc(Cc2ccc(NC(=O)OCc3ccccc3)cc2O[C@H]2O[C@](C)(COC(=O)c3ccccc3)[C@@H](OC(=O)c3ccccc3)[C@H](OC(=O)c3ccccc3)[C@H]2OC(=O)c2ccccc2)cc1. The molecule has 0 spiro atoms. The molecule has 1 aliphatic rings. The standard InChI is InChI=1S/C57H49NO13/c1-57(37-66-51(59)40-20-10-4-11-21-40)50(70-54(62)43-26-16-7-17-27-43)48(68-52(60)41-22-12-5-13-23-41)49(69-53(61)42-24-14-6-15-25-42)55(71-57)67-47-35-45(58-56(63)65-36-39-18-8-3-9-19-39)31-30-44(47)34-38-28-32-46(64-2)33-29-38/h3-33,35,48-50,55H,34,36-37H2,1-2H3,(H,58,63)/t48-,49-,50+,55+,57-/m1/s1. The molecule has 8 rings (SSSR count). The van der Waals surface area contributed by atoms with Crippen LogP contribution in [0.3, 0.4) is 0 Å². The second-order valence-electron chi connectivity index (χ2n) is 16.6. The lowest BCUT2D eigenvalue weighted by Gasteiger charge is -2.49. The van der Waals surface area contributed by atoms with Gasteiger partial charge in [0.1, 0.15) is 30.3 Å². The highest BCUT2D eigenvalue weighted by Crippen LogP contribution is 2.40. The fourth-order valence-electron chi connectivity index (χ4n) is 7.73. The number of hydrogen-bond acceptors (Lipinski definition) is 13. The summed E-state index contributed by atoms with van der Waals surface area (Å²) in [6.45, 7) is 0.907. The highest BCUT2D eigenvalue weighted by molar-refractivity contribution is 5.92. The molecule has 0 aromatic heterocycles. The first-order valence-corrected chi connectivity index (χ1v) is 22.6. The van der Waals surface area contributed by atoms with Gasteiger partial charge in [-0.3, -0.25) is 5.32 Å². The Labute approximate surface area is 410 Å². The zero-order chi connectivity index (χ0) is 49.6. The largest absolute Gasteiger partial charge is 0.497 e. The lowest BCUT2D eigenvalue weighted by molar-refractivity contribution is -0.310. The molecule has 1 amide bonds. The van der Waals surface area contributed by atoms with Crippen molar-refractivity contribution >= 4 is 35.7 Å². The molecule has 71 heavy (non-hydrogen) atoms. The van der Waals surface area contributed by atoms with Crippen molar-refractivity contribution < 1.29 is 61.9 Å². The Balaban J connectivity index is 1.23. The van der Waals surface area contributed by atoms with E-state index in [0.29, 0.717) is 11.3 Å². The minimum Gasteiger partial charge on any atom is -0.497 e. The second-order valence-corrected chi connectivity index (χ2v) is 16.6. The number of esters is 4. The Kier molecular flexibility index (Phi) is 15.8. The van der Waals surface area contributed by atoms with Gasteiger partial charge < -0.3 is 37.9 Å². The first-order chi connectivity index (χ1) is 34.5. The van der Waals surface area contributed by atoms with Crippen LogP contribution in [-0.4, -0.2) is 73.9 Å². The third kappa shape index (κ3) is 12.7. The first kappa shape index (κ1) is 48.7. The molecule has 1 heterocycles. The quantitative estimate of drug-likeness (QED) is 0.0676. The van der Waals surface area contributed by atoms with Crippen LogP contribution in [0.25, 0.3) is 0 Å². The van der Waals surface area contributed by atoms with E-state index in [4.69, 9.17) is 37.9 Å². The van der Waals surface area contributed by atoms with E-state index in [-0.39, 0.29) is 46.7 Å². The van der Waals surface area contributed by atoms with Crippen molar-refractivity contribution in [2.24, 2.45) is 0 Å².